The third-order valence-corrected chi connectivity index (χ3v) is 2.41. The molecule has 1 aromatic rings. The van der Waals surface area contributed by atoms with Crippen LogP contribution in [-0.2, 0) is 6.42 Å². The maximum Gasteiger partial charge on any atom is 0.311 e. The molecule has 0 aliphatic heterocycles. The highest BCUT2D eigenvalue weighted by Crippen LogP contribution is 2.29. The fraction of sp³-hybridized carbons (Fsp3) is 0.500. The first-order chi connectivity index (χ1) is 7.20. The second-order valence-electron chi connectivity index (χ2n) is 3.70. The number of aromatic nitrogens is 1. The number of nitrogens with zero attached hydrogens (tertiary/aromatic N) is 2. The summed E-state index contributed by atoms with van der Waals surface area (Å²) < 4.78 is 0. The summed E-state index contributed by atoms with van der Waals surface area (Å²) in [5.74, 6) is 0.418. The summed E-state index contributed by atoms with van der Waals surface area (Å²) in [4.78, 5) is 14.6. The highest BCUT2D eigenvalue weighted by Gasteiger charge is 2.25. The SMILES string of the molecule is CCc1ccc([N+](=O)[O-])c(NC2CC2)n1. The highest BCUT2D eigenvalue weighted by atomic mass is 16.6. The molecule has 0 bridgehead atoms. The van der Waals surface area contributed by atoms with Gasteiger partial charge in [-0.2, -0.15) is 0 Å². The molecule has 1 fully saturated rings. The number of anilines is 1. The predicted octanol–water partition coefficient (Wildman–Crippen LogP) is 2.13. The largest absolute Gasteiger partial charge is 0.362 e. The fourth-order valence-electron chi connectivity index (χ4n) is 1.36. The molecule has 5 heteroatoms. The lowest BCUT2D eigenvalue weighted by atomic mass is 10.2. The number of hydrogen-bond acceptors (Lipinski definition) is 4. The molecule has 0 saturated heterocycles. The standard InChI is InChI=1S/C10H13N3O2/c1-2-7-5-6-9(13(14)15)10(11-7)12-8-3-4-8/h5-6,8H,2-4H2,1H3,(H,11,12). The molecular weight excluding hydrogens is 194 g/mol. The Bertz CT molecular complexity index is 388. The summed E-state index contributed by atoms with van der Waals surface area (Å²) >= 11 is 0. The van der Waals surface area contributed by atoms with E-state index in [1.165, 1.54) is 6.07 Å². The van der Waals surface area contributed by atoms with Crippen LogP contribution in [0, 0.1) is 10.1 Å². The first-order valence-electron chi connectivity index (χ1n) is 5.11. The Hall–Kier alpha value is -1.65. The Morgan fingerprint density at radius 2 is 2.33 bits per heavy atom. The Labute approximate surface area is 87.7 Å². The monoisotopic (exact) mass is 207 g/mol. The zero-order valence-electron chi connectivity index (χ0n) is 8.56. The quantitative estimate of drug-likeness (QED) is 0.606. The number of pyridine rings is 1. The number of nitro groups is 1. The first kappa shape index (κ1) is 9.89. The zero-order valence-corrected chi connectivity index (χ0v) is 8.56. The van der Waals surface area contributed by atoms with Gasteiger partial charge in [-0.15, -0.1) is 0 Å². The van der Waals surface area contributed by atoms with E-state index in [0.29, 0.717) is 11.9 Å². The van der Waals surface area contributed by atoms with E-state index in [1.54, 1.807) is 6.07 Å². The van der Waals surface area contributed by atoms with Crippen LogP contribution < -0.4 is 5.32 Å². The number of hydrogen-bond donors (Lipinski definition) is 1. The van der Waals surface area contributed by atoms with Gasteiger partial charge in [0.1, 0.15) is 0 Å². The molecule has 1 aromatic heterocycles. The smallest absolute Gasteiger partial charge is 0.311 e. The average molecular weight is 207 g/mol. The molecule has 1 saturated carbocycles. The molecular formula is C10H13N3O2. The van der Waals surface area contributed by atoms with E-state index in [2.05, 4.69) is 10.3 Å². The summed E-state index contributed by atoms with van der Waals surface area (Å²) in [6, 6.07) is 3.61. The van der Waals surface area contributed by atoms with Gasteiger partial charge in [0.05, 0.1) is 4.92 Å². The van der Waals surface area contributed by atoms with Crippen molar-refractivity contribution in [2.75, 3.05) is 5.32 Å². The summed E-state index contributed by atoms with van der Waals surface area (Å²) in [6.07, 6.45) is 2.95. The third-order valence-electron chi connectivity index (χ3n) is 2.41. The minimum Gasteiger partial charge on any atom is -0.362 e. The van der Waals surface area contributed by atoms with Gasteiger partial charge in [0, 0.05) is 17.8 Å². The van der Waals surface area contributed by atoms with Gasteiger partial charge in [-0.05, 0) is 25.3 Å². The zero-order chi connectivity index (χ0) is 10.8. The molecule has 1 aliphatic carbocycles. The van der Waals surface area contributed by atoms with Crippen molar-refractivity contribution in [2.24, 2.45) is 0 Å². The topological polar surface area (TPSA) is 68.1 Å². The van der Waals surface area contributed by atoms with Gasteiger partial charge in [0.15, 0.2) is 0 Å². The third kappa shape index (κ3) is 2.23. The van der Waals surface area contributed by atoms with E-state index in [4.69, 9.17) is 0 Å². The van der Waals surface area contributed by atoms with E-state index in [1.807, 2.05) is 6.92 Å². The van der Waals surface area contributed by atoms with Gasteiger partial charge in [-0.25, -0.2) is 4.98 Å². The molecule has 15 heavy (non-hydrogen) atoms. The molecule has 0 radical (unpaired) electrons. The first-order valence-corrected chi connectivity index (χ1v) is 5.11. The van der Waals surface area contributed by atoms with E-state index >= 15 is 0 Å². The van der Waals surface area contributed by atoms with Crippen molar-refractivity contribution in [2.45, 2.75) is 32.2 Å². The van der Waals surface area contributed by atoms with Crippen LogP contribution in [0.3, 0.4) is 0 Å². The Kier molecular flexibility index (Phi) is 2.53. The van der Waals surface area contributed by atoms with E-state index in [-0.39, 0.29) is 5.69 Å². The second-order valence-corrected chi connectivity index (χ2v) is 3.70. The molecule has 80 valence electrons. The van der Waals surface area contributed by atoms with Crippen molar-refractivity contribution in [3.05, 3.63) is 27.9 Å². The van der Waals surface area contributed by atoms with Crippen LogP contribution in [0.1, 0.15) is 25.5 Å². The van der Waals surface area contributed by atoms with Crippen molar-refractivity contribution in [3.63, 3.8) is 0 Å². The van der Waals surface area contributed by atoms with Crippen LogP contribution in [0.2, 0.25) is 0 Å². The minimum atomic E-state index is -0.392. The Morgan fingerprint density at radius 3 is 2.87 bits per heavy atom. The van der Waals surface area contributed by atoms with Crippen molar-refractivity contribution < 1.29 is 4.92 Å². The van der Waals surface area contributed by atoms with Gasteiger partial charge in [-0.1, -0.05) is 6.92 Å². The van der Waals surface area contributed by atoms with Gasteiger partial charge in [0.2, 0.25) is 5.82 Å². The van der Waals surface area contributed by atoms with Gasteiger partial charge in [-0.3, -0.25) is 10.1 Å². The lowest BCUT2D eigenvalue weighted by Crippen LogP contribution is -2.07. The number of rotatable bonds is 4. The highest BCUT2D eigenvalue weighted by molar-refractivity contribution is 5.57. The summed E-state index contributed by atoms with van der Waals surface area (Å²) in [5, 5.41) is 13.8. The van der Waals surface area contributed by atoms with Crippen LogP contribution in [0.15, 0.2) is 12.1 Å². The molecule has 0 aromatic carbocycles. The van der Waals surface area contributed by atoms with Crippen LogP contribution in [0.4, 0.5) is 11.5 Å². The molecule has 0 atom stereocenters. The van der Waals surface area contributed by atoms with E-state index in [9.17, 15) is 10.1 Å². The summed E-state index contributed by atoms with van der Waals surface area (Å²) in [7, 11) is 0. The van der Waals surface area contributed by atoms with Crippen LogP contribution in [-0.4, -0.2) is 15.9 Å². The Balaban J connectivity index is 2.30. The molecule has 1 N–H and O–H groups in total. The lowest BCUT2D eigenvalue weighted by Gasteiger charge is -2.05. The minimum absolute atomic E-state index is 0.0686. The molecule has 5 nitrogen and oxygen atoms in total. The lowest BCUT2D eigenvalue weighted by molar-refractivity contribution is -0.384. The maximum atomic E-state index is 10.7. The molecule has 0 spiro atoms. The number of aryl methyl sites for hydroxylation is 1. The fourth-order valence-corrected chi connectivity index (χ4v) is 1.36. The molecule has 1 aliphatic rings. The van der Waals surface area contributed by atoms with Crippen molar-refractivity contribution in [3.8, 4) is 0 Å². The maximum absolute atomic E-state index is 10.7. The van der Waals surface area contributed by atoms with Crippen LogP contribution in [0.25, 0.3) is 0 Å². The molecule has 0 unspecified atom stereocenters. The Morgan fingerprint density at radius 1 is 1.60 bits per heavy atom. The molecule has 2 rings (SSSR count). The van der Waals surface area contributed by atoms with Crippen molar-refractivity contribution >= 4 is 11.5 Å². The van der Waals surface area contributed by atoms with Crippen LogP contribution >= 0.6 is 0 Å². The molecule has 0 amide bonds. The normalized spacial score (nSPS) is 15.0. The predicted molar refractivity (Wildman–Crippen MR) is 56.9 cm³/mol. The second kappa shape index (κ2) is 3.84. The molecule has 1 heterocycles. The van der Waals surface area contributed by atoms with Crippen molar-refractivity contribution in [1.29, 1.82) is 0 Å². The van der Waals surface area contributed by atoms with Gasteiger partial charge >= 0.3 is 5.69 Å². The summed E-state index contributed by atoms with van der Waals surface area (Å²) in [5.41, 5.74) is 0.947. The van der Waals surface area contributed by atoms with Gasteiger partial charge in [0.25, 0.3) is 0 Å². The van der Waals surface area contributed by atoms with Crippen LogP contribution in [0.5, 0.6) is 0 Å². The number of nitrogens with one attached hydrogen (secondary N) is 1. The van der Waals surface area contributed by atoms with E-state index in [0.717, 1.165) is 25.0 Å². The average Bonchev–Trinajstić information content (AvgIpc) is 3.01. The summed E-state index contributed by atoms with van der Waals surface area (Å²) in [6.45, 7) is 1.98. The van der Waals surface area contributed by atoms with Crippen molar-refractivity contribution in [1.82, 2.24) is 4.98 Å². The van der Waals surface area contributed by atoms with Gasteiger partial charge < -0.3 is 5.32 Å². The van der Waals surface area contributed by atoms with E-state index < -0.39 is 4.92 Å².